The van der Waals surface area contributed by atoms with Crippen LogP contribution >= 0.6 is 11.8 Å². The number of carbonyl (C=O) groups is 2. The van der Waals surface area contributed by atoms with Crippen LogP contribution in [0.2, 0.25) is 0 Å². The third kappa shape index (κ3) is 2.17. The van der Waals surface area contributed by atoms with Crippen molar-refractivity contribution in [2.45, 2.75) is 11.3 Å². The van der Waals surface area contributed by atoms with Crippen LogP contribution in [0.5, 0.6) is 0 Å². The van der Waals surface area contributed by atoms with Gasteiger partial charge in [0.1, 0.15) is 6.42 Å². The normalized spacial score (nSPS) is 13.8. The molecule has 18 heavy (non-hydrogen) atoms. The Balaban J connectivity index is 2.45. The second-order valence-corrected chi connectivity index (χ2v) is 4.70. The van der Waals surface area contributed by atoms with Gasteiger partial charge in [-0.3, -0.25) is 9.59 Å². The molecule has 1 aliphatic heterocycles. The molecule has 5 nitrogen and oxygen atoms in total. The summed E-state index contributed by atoms with van der Waals surface area (Å²) in [6, 6.07) is 7.27. The van der Waals surface area contributed by atoms with Crippen LogP contribution < -0.4 is 10.2 Å². The van der Waals surface area contributed by atoms with Gasteiger partial charge < -0.3 is 5.32 Å². The van der Waals surface area contributed by atoms with E-state index in [0.717, 1.165) is 15.5 Å². The zero-order valence-corrected chi connectivity index (χ0v) is 10.6. The van der Waals surface area contributed by atoms with Gasteiger partial charge in [-0.1, -0.05) is 0 Å². The molecule has 2 rings (SSSR count). The molecule has 1 N–H and O–H groups in total. The number of nitriles is 1. The van der Waals surface area contributed by atoms with Crippen LogP contribution in [-0.4, -0.2) is 24.6 Å². The van der Waals surface area contributed by atoms with Crippen molar-refractivity contribution in [3.05, 3.63) is 18.2 Å². The van der Waals surface area contributed by atoms with E-state index in [0.29, 0.717) is 5.69 Å². The third-order valence-corrected chi connectivity index (χ3v) is 3.62. The van der Waals surface area contributed by atoms with E-state index >= 15 is 0 Å². The second-order valence-electron chi connectivity index (χ2n) is 3.68. The number of fused-ring (bicyclic) bond motifs is 1. The summed E-state index contributed by atoms with van der Waals surface area (Å²) >= 11 is 1.40. The molecule has 0 spiro atoms. The highest BCUT2D eigenvalue weighted by Gasteiger charge is 2.29. The van der Waals surface area contributed by atoms with E-state index in [1.807, 2.05) is 12.1 Å². The number of rotatable bonds is 2. The lowest BCUT2D eigenvalue weighted by molar-refractivity contribution is -0.124. The molecule has 2 amide bonds. The Labute approximate surface area is 109 Å². The minimum Gasteiger partial charge on any atom is -0.388 e. The summed E-state index contributed by atoms with van der Waals surface area (Å²) in [5, 5.41) is 11.5. The summed E-state index contributed by atoms with van der Waals surface area (Å²) < 4.78 is 0. The molecule has 0 atom stereocenters. The number of hydrogen-bond donors (Lipinski definition) is 1. The van der Waals surface area contributed by atoms with Crippen molar-refractivity contribution in [1.82, 2.24) is 0 Å². The monoisotopic (exact) mass is 261 g/mol. The van der Waals surface area contributed by atoms with Crippen LogP contribution in [0.25, 0.3) is 0 Å². The number of nitrogens with one attached hydrogen (secondary N) is 1. The molecule has 0 saturated heterocycles. The molecule has 0 bridgehead atoms. The van der Waals surface area contributed by atoms with Crippen molar-refractivity contribution in [1.29, 1.82) is 5.26 Å². The number of carbonyl (C=O) groups excluding carboxylic acids is 2. The maximum absolute atomic E-state index is 11.8. The molecule has 0 unspecified atom stereocenters. The first-order valence-corrected chi connectivity index (χ1v) is 6.33. The molecular formula is C12H11N3O2S. The minimum absolute atomic E-state index is 0.225. The quantitative estimate of drug-likeness (QED) is 0.875. The Hall–Kier alpha value is -2.00. The van der Waals surface area contributed by atoms with Gasteiger partial charge in [-0.25, -0.2) is 4.90 Å². The number of imide groups is 1. The first kappa shape index (κ1) is 12.5. The smallest absolute Gasteiger partial charge is 0.248 e. The number of anilines is 2. The van der Waals surface area contributed by atoms with Crippen LogP contribution in [0.3, 0.4) is 0 Å². The standard InChI is InChI=1S/C12H11N3O2S/c1-14-8-2-3-10-9(6-8)15(11(16)4-5-13)12(17)7-18-10/h2-3,6,14H,4,7H2,1H3. The van der Waals surface area contributed by atoms with Crippen molar-refractivity contribution < 1.29 is 9.59 Å². The van der Waals surface area contributed by atoms with Gasteiger partial charge >= 0.3 is 0 Å². The van der Waals surface area contributed by atoms with E-state index in [-0.39, 0.29) is 18.1 Å². The SMILES string of the molecule is CNc1ccc2c(c1)N(C(=O)CC#N)C(=O)CS2. The maximum Gasteiger partial charge on any atom is 0.248 e. The molecule has 0 saturated carbocycles. The van der Waals surface area contributed by atoms with E-state index < -0.39 is 5.91 Å². The Morgan fingerprint density at radius 3 is 3.06 bits per heavy atom. The second kappa shape index (κ2) is 5.10. The van der Waals surface area contributed by atoms with Gasteiger partial charge in [0.25, 0.3) is 0 Å². The molecule has 0 radical (unpaired) electrons. The Bertz CT molecular complexity index is 551. The molecule has 92 valence electrons. The highest BCUT2D eigenvalue weighted by Crippen LogP contribution is 2.37. The largest absolute Gasteiger partial charge is 0.388 e. The Morgan fingerprint density at radius 1 is 1.61 bits per heavy atom. The van der Waals surface area contributed by atoms with Gasteiger partial charge in [0.2, 0.25) is 11.8 Å². The first-order chi connectivity index (χ1) is 8.67. The fourth-order valence-corrected chi connectivity index (χ4v) is 2.60. The lowest BCUT2D eigenvalue weighted by atomic mass is 10.2. The number of benzene rings is 1. The summed E-state index contributed by atoms with van der Waals surface area (Å²) in [5.41, 5.74) is 1.38. The highest BCUT2D eigenvalue weighted by molar-refractivity contribution is 8.00. The molecule has 1 aromatic carbocycles. The first-order valence-electron chi connectivity index (χ1n) is 5.34. The van der Waals surface area contributed by atoms with E-state index in [2.05, 4.69) is 5.32 Å². The molecule has 1 aromatic rings. The van der Waals surface area contributed by atoms with Crippen LogP contribution in [0.15, 0.2) is 23.1 Å². The fraction of sp³-hybridized carbons (Fsp3) is 0.250. The van der Waals surface area contributed by atoms with Crippen LogP contribution in [0, 0.1) is 11.3 Å². The van der Waals surface area contributed by atoms with Crippen molar-refractivity contribution >= 4 is 35.0 Å². The molecule has 6 heteroatoms. The molecular weight excluding hydrogens is 250 g/mol. The van der Waals surface area contributed by atoms with Crippen molar-refractivity contribution in [3.63, 3.8) is 0 Å². The minimum atomic E-state index is -0.475. The zero-order chi connectivity index (χ0) is 13.1. The van der Waals surface area contributed by atoms with Crippen molar-refractivity contribution in [3.8, 4) is 6.07 Å². The van der Waals surface area contributed by atoms with E-state index in [1.54, 1.807) is 19.2 Å². The van der Waals surface area contributed by atoms with Gasteiger partial charge in [0.05, 0.1) is 17.5 Å². The summed E-state index contributed by atoms with van der Waals surface area (Å²) in [6.45, 7) is 0. The number of thioether (sulfide) groups is 1. The number of nitrogens with zero attached hydrogens (tertiary/aromatic N) is 2. The van der Waals surface area contributed by atoms with Crippen molar-refractivity contribution in [2.24, 2.45) is 0 Å². The topological polar surface area (TPSA) is 73.2 Å². The van der Waals surface area contributed by atoms with Crippen molar-refractivity contribution in [2.75, 3.05) is 23.0 Å². The third-order valence-electron chi connectivity index (χ3n) is 2.57. The zero-order valence-electron chi connectivity index (χ0n) is 9.77. The van der Waals surface area contributed by atoms with Gasteiger partial charge in [0, 0.05) is 17.6 Å². The predicted molar refractivity (Wildman–Crippen MR) is 69.4 cm³/mol. The number of hydrogen-bond acceptors (Lipinski definition) is 5. The molecule has 1 aliphatic rings. The van der Waals surface area contributed by atoms with Gasteiger partial charge in [-0.2, -0.15) is 5.26 Å². The molecule has 0 aliphatic carbocycles. The summed E-state index contributed by atoms with van der Waals surface area (Å²) in [4.78, 5) is 25.6. The number of amides is 2. The van der Waals surface area contributed by atoms with E-state index in [4.69, 9.17) is 5.26 Å². The average Bonchev–Trinajstić information content (AvgIpc) is 2.38. The van der Waals surface area contributed by atoms with E-state index in [1.165, 1.54) is 11.8 Å². The summed E-state index contributed by atoms with van der Waals surface area (Å²) in [6.07, 6.45) is -0.292. The maximum atomic E-state index is 11.8. The van der Waals surface area contributed by atoms with E-state index in [9.17, 15) is 9.59 Å². The van der Waals surface area contributed by atoms with Gasteiger partial charge in [-0.15, -0.1) is 11.8 Å². The average molecular weight is 261 g/mol. The summed E-state index contributed by atoms with van der Waals surface area (Å²) in [5.74, 6) is -0.526. The lowest BCUT2D eigenvalue weighted by Crippen LogP contribution is -2.40. The Morgan fingerprint density at radius 2 is 2.39 bits per heavy atom. The highest BCUT2D eigenvalue weighted by atomic mass is 32.2. The fourth-order valence-electron chi connectivity index (χ4n) is 1.73. The van der Waals surface area contributed by atoms with Gasteiger partial charge in [0.15, 0.2) is 0 Å². The molecule has 0 aromatic heterocycles. The van der Waals surface area contributed by atoms with Crippen LogP contribution in [-0.2, 0) is 9.59 Å². The Kier molecular flexibility index (Phi) is 3.53. The molecule has 1 heterocycles. The van der Waals surface area contributed by atoms with Crippen LogP contribution in [0.4, 0.5) is 11.4 Å². The predicted octanol–water partition coefficient (Wildman–Crippen LogP) is 1.61. The van der Waals surface area contributed by atoms with Gasteiger partial charge in [-0.05, 0) is 18.2 Å². The van der Waals surface area contributed by atoms with Crippen LogP contribution in [0.1, 0.15) is 6.42 Å². The molecule has 0 fully saturated rings. The lowest BCUT2D eigenvalue weighted by Gasteiger charge is -2.27. The summed E-state index contributed by atoms with van der Waals surface area (Å²) in [7, 11) is 1.76.